The van der Waals surface area contributed by atoms with Crippen molar-refractivity contribution in [3.05, 3.63) is 88.0 Å². The molecule has 7 rings (SSSR count). The van der Waals surface area contributed by atoms with Gasteiger partial charge in [-0.3, -0.25) is 33.4 Å². The highest BCUT2D eigenvalue weighted by Crippen LogP contribution is 2.32. The highest BCUT2D eigenvalue weighted by Gasteiger charge is 2.26. The lowest BCUT2D eigenvalue weighted by molar-refractivity contribution is -0.122. The summed E-state index contributed by atoms with van der Waals surface area (Å²) in [6.07, 6.45) is 7.33. The van der Waals surface area contributed by atoms with Crippen molar-refractivity contribution >= 4 is 69.3 Å². The van der Waals surface area contributed by atoms with Gasteiger partial charge in [0.15, 0.2) is 17.4 Å². The van der Waals surface area contributed by atoms with Crippen LogP contribution in [0.2, 0.25) is 0 Å². The fourth-order valence-electron chi connectivity index (χ4n) is 8.06. The zero-order valence-corrected chi connectivity index (χ0v) is 37.8. The molecule has 5 aromatic rings. The van der Waals surface area contributed by atoms with Crippen LogP contribution in [0.25, 0.3) is 11.0 Å². The van der Waals surface area contributed by atoms with Gasteiger partial charge in [0, 0.05) is 64.4 Å². The summed E-state index contributed by atoms with van der Waals surface area (Å²) in [6.45, 7) is 7.79. The van der Waals surface area contributed by atoms with Crippen LogP contribution >= 0.6 is 0 Å². The second kappa shape index (κ2) is 22.3. The number of carbonyl (C=O) groups is 4. The number of ether oxygens (including phenoxy) is 2. The van der Waals surface area contributed by atoms with E-state index < -0.39 is 5.91 Å². The van der Waals surface area contributed by atoms with Crippen molar-refractivity contribution in [2.24, 2.45) is 0 Å². The number of para-hydroxylation sites is 1. The van der Waals surface area contributed by atoms with E-state index in [2.05, 4.69) is 51.2 Å². The average molecular weight is 904 g/mol. The van der Waals surface area contributed by atoms with Crippen LogP contribution < -0.4 is 36.6 Å². The van der Waals surface area contributed by atoms with Crippen LogP contribution in [0.4, 0.5) is 34.8 Å². The molecule has 4 aromatic heterocycles. The molecular weight excluding hydrogens is 847 g/mol. The Kier molecular flexibility index (Phi) is 15.9. The summed E-state index contributed by atoms with van der Waals surface area (Å²) in [5, 5.41) is 20.3. The second-order valence-electron chi connectivity index (χ2n) is 16.4. The Labute approximate surface area is 382 Å². The standard InChI is InChI=1S/C46H57N13O7/c1-30-35-28-49-46(53-43(35)59(32-9-5-6-10-32)45(64)42(30)31(2)60)52-37-14-13-33(27-48-37)58-21-19-57(20-22-58)29-41(62)47-18-24-66-26-25-65-23-17-40(61)50-36-12-8-7-11-34(36)44(63)51-38-15-16-39(55-54-38)56(3)4/h7-8,11-16,27-28,32H,5-6,9-10,17-26,29H2,1-4H3,(H,47,62)(H,50,61)(H,51,54,63)(H,48,49,52,53). The van der Waals surface area contributed by atoms with E-state index in [1.54, 1.807) is 65.2 Å². The van der Waals surface area contributed by atoms with E-state index in [1.807, 2.05) is 26.2 Å². The maximum absolute atomic E-state index is 13.6. The maximum Gasteiger partial charge on any atom is 0.263 e. The van der Waals surface area contributed by atoms with Crippen LogP contribution in [-0.2, 0) is 19.1 Å². The van der Waals surface area contributed by atoms with E-state index >= 15 is 0 Å². The normalized spacial score (nSPS) is 14.3. The lowest BCUT2D eigenvalue weighted by Gasteiger charge is -2.35. The molecule has 0 unspecified atom stereocenters. The second-order valence-corrected chi connectivity index (χ2v) is 16.4. The highest BCUT2D eigenvalue weighted by molar-refractivity contribution is 6.09. The SMILES string of the molecule is CC(=O)c1c(C)c2cnc(Nc3ccc(N4CCN(CC(=O)NCCOCCOCCC(=O)Nc5ccccc5C(=O)Nc5ccc(N(C)C)nn5)CC4)cn3)nc2n(C2CCCC2)c1=O. The van der Waals surface area contributed by atoms with Crippen molar-refractivity contribution in [2.45, 2.75) is 52.0 Å². The van der Waals surface area contributed by atoms with Gasteiger partial charge in [0.05, 0.1) is 68.1 Å². The molecule has 1 aliphatic carbocycles. The molecule has 1 aliphatic heterocycles. The molecule has 66 heavy (non-hydrogen) atoms. The number of pyridine rings is 2. The predicted molar refractivity (Wildman–Crippen MR) is 251 cm³/mol. The molecule has 348 valence electrons. The number of anilines is 6. The van der Waals surface area contributed by atoms with Gasteiger partial charge >= 0.3 is 0 Å². The molecule has 5 heterocycles. The van der Waals surface area contributed by atoms with Gasteiger partial charge < -0.3 is 40.5 Å². The third kappa shape index (κ3) is 12.1. The molecule has 0 bridgehead atoms. The summed E-state index contributed by atoms with van der Waals surface area (Å²) in [5.41, 5.74) is 2.63. The molecule has 20 nitrogen and oxygen atoms in total. The number of rotatable bonds is 20. The molecular formula is C46H57N13O7. The predicted octanol–water partition coefficient (Wildman–Crippen LogP) is 3.96. The van der Waals surface area contributed by atoms with Gasteiger partial charge in [-0.2, -0.15) is 4.98 Å². The van der Waals surface area contributed by atoms with Crippen molar-refractivity contribution in [3.8, 4) is 0 Å². The summed E-state index contributed by atoms with van der Waals surface area (Å²) in [5.74, 6) is 0.739. The van der Waals surface area contributed by atoms with Crippen molar-refractivity contribution in [2.75, 3.05) is 106 Å². The van der Waals surface area contributed by atoms with Crippen LogP contribution in [0.3, 0.4) is 0 Å². The van der Waals surface area contributed by atoms with Gasteiger partial charge in [0.2, 0.25) is 17.8 Å². The fourth-order valence-corrected chi connectivity index (χ4v) is 8.06. The van der Waals surface area contributed by atoms with Gasteiger partial charge in [-0.05, 0) is 68.7 Å². The molecule has 0 spiro atoms. The van der Waals surface area contributed by atoms with E-state index in [9.17, 15) is 24.0 Å². The summed E-state index contributed by atoms with van der Waals surface area (Å²) in [6, 6.07) is 13.9. The summed E-state index contributed by atoms with van der Waals surface area (Å²) in [4.78, 5) is 84.2. The third-order valence-corrected chi connectivity index (χ3v) is 11.6. The Morgan fingerprint density at radius 2 is 1.56 bits per heavy atom. The van der Waals surface area contributed by atoms with E-state index in [1.165, 1.54) is 6.92 Å². The molecule has 1 saturated carbocycles. The Bertz CT molecular complexity index is 2560. The molecule has 1 aromatic carbocycles. The number of Topliss-reactive ketones (excluding diaryl/α,β-unsaturated/α-hetero) is 1. The monoisotopic (exact) mass is 903 g/mol. The van der Waals surface area contributed by atoms with Crippen molar-refractivity contribution in [1.29, 1.82) is 0 Å². The van der Waals surface area contributed by atoms with Crippen molar-refractivity contribution in [1.82, 2.24) is 39.9 Å². The molecule has 3 amide bonds. The minimum atomic E-state index is -0.430. The number of hydrogen-bond acceptors (Lipinski definition) is 16. The Balaban J connectivity index is 0.759. The Morgan fingerprint density at radius 3 is 2.26 bits per heavy atom. The number of ketones is 1. The van der Waals surface area contributed by atoms with Crippen molar-refractivity contribution < 1.29 is 28.7 Å². The summed E-state index contributed by atoms with van der Waals surface area (Å²) >= 11 is 0. The quantitative estimate of drug-likeness (QED) is 0.0640. The smallest absolute Gasteiger partial charge is 0.263 e. The zero-order chi connectivity index (χ0) is 46.6. The number of carbonyl (C=O) groups excluding carboxylic acids is 4. The van der Waals surface area contributed by atoms with Crippen molar-refractivity contribution in [3.63, 3.8) is 0 Å². The molecule has 2 fully saturated rings. The van der Waals surface area contributed by atoms with Crippen LogP contribution in [0, 0.1) is 6.92 Å². The van der Waals surface area contributed by atoms with Gasteiger partial charge in [0.25, 0.3) is 11.5 Å². The number of nitrogens with one attached hydrogen (secondary N) is 4. The van der Waals surface area contributed by atoms with E-state index in [4.69, 9.17) is 14.5 Å². The first-order chi connectivity index (χ1) is 31.9. The van der Waals surface area contributed by atoms with Crippen LogP contribution in [0.1, 0.15) is 71.3 Å². The molecule has 1 saturated heterocycles. The molecule has 4 N–H and O–H groups in total. The zero-order valence-electron chi connectivity index (χ0n) is 37.8. The minimum absolute atomic E-state index is 0.00868. The van der Waals surface area contributed by atoms with Gasteiger partial charge in [-0.1, -0.05) is 25.0 Å². The summed E-state index contributed by atoms with van der Waals surface area (Å²) < 4.78 is 12.8. The Morgan fingerprint density at radius 1 is 0.818 bits per heavy atom. The molecule has 0 radical (unpaired) electrons. The summed E-state index contributed by atoms with van der Waals surface area (Å²) in [7, 11) is 3.68. The first-order valence-corrected chi connectivity index (χ1v) is 22.2. The van der Waals surface area contributed by atoms with Gasteiger partial charge in [-0.25, -0.2) is 9.97 Å². The molecule has 2 aliphatic rings. The topological polar surface area (TPSA) is 231 Å². The number of nitrogens with zero attached hydrogens (tertiary/aromatic N) is 9. The van der Waals surface area contributed by atoms with E-state index in [0.717, 1.165) is 44.5 Å². The number of hydrogen-bond donors (Lipinski definition) is 4. The fraction of sp³-hybridized carbons (Fsp3) is 0.435. The number of fused-ring (bicyclic) bond motifs is 1. The maximum atomic E-state index is 13.6. The third-order valence-electron chi connectivity index (χ3n) is 11.6. The van der Waals surface area contributed by atoms with Gasteiger partial charge in [0.1, 0.15) is 11.5 Å². The number of piperazine rings is 1. The largest absolute Gasteiger partial charge is 0.379 e. The average Bonchev–Trinajstić information content (AvgIpc) is 3.84. The lowest BCUT2D eigenvalue weighted by Crippen LogP contribution is -2.49. The number of aromatic nitrogens is 6. The van der Waals surface area contributed by atoms with Gasteiger partial charge in [-0.15, -0.1) is 10.2 Å². The number of aryl methyl sites for hydroxylation is 1. The first-order valence-electron chi connectivity index (χ1n) is 22.2. The molecule has 20 heteroatoms. The Hall–Kier alpha value is -6.90. The lowest BCUT2D eigenvalue weighted by atomic mass is 10.0. The van der Waals surface area contributed by atoms with E-state index in [-0.39, 0.29) is 72.3 Å². The number of amides is 3. The highest BCUT2D eigenvalue weighted by atomic mass is 16.5. The van der Waals surface area contributed by atoms with E-state index in [0.29, 0.717) is 72.7 Å². The first kappa shape index (κ1) is 47.1. The van der Waals surface area contributed by atoms with Crippen LogP contribution in [0.15, 0.2) is 65.7 Å². The molecule has 0 atom stereocenters. The number of benzene rings is 1. The minimum Gasteiger partial charge on any atom is -0.379 e. The van der Waals surface area contributed by atoms with Crippen LogP contribution in [0.5, 0.6) is 0 Å². The van der Waals surface area contributed by atoms with Crippen LogP contribution in [-0.4, -0.2) is 138 Å².